The number of methoxy groups -OCH3 is 2. The predicted molar refractivity (Wildman–Crippen MR) is 205 cm³/mol. The third-order valence-corrected chi connectivity index (χ3v) is 11.7. The molecule has 1 aromatic heterocycles. The standard InChI is InChI=1S/C41H42ClF5N6O4/c1-23-16-31(49-20-24-7-9-27(55-2)10-8-24)29(19-48)32(34(23)41(45,46)47)33-30(42)17-28-36(35(33)44)50-39(57-22-40-12-5-14-53(40)21-26(43)18-40)51-37(28)52-13-4-6-25(11-15-52)38(54)56-3/h7-10,16-17,25-26,49H,4-6,11-15,18,20-22H2,1-3H3/t25?,26-,40+/m1/s1. The Bertz CT molecular complexity index is 2220. The van der Waals surface area contributed by atoms with Crippen LogP contribution in [0.4, 0.5) is 33.5 Å². The molecule has 0 spiro atoms. The zero-order valence-electron chi connectivity index (χ0n) is 31.7. The second-order valence-corrected chi connectivity index (χ2v) is 15.4. The van der Waals surface area contributed by atoms with Crippen LogP contribution in [0.5, 0.6) is 11.8 Å². The Morgan fingerprint density at radius 3 is 2.56 bits per heavy atom. The fourth-order valence-corrected chi connectivity index (χ4v) is 8.97. The number of ether oxygens (including phenoxy) is 3. The van der Waals surface area contributed by atoms with E-state index in [4.69, 9.17) is 30.8 Å². The molecule has 0 saturated carbocycles. The molecule has 0 radical (unpaired) electrons. The van der Waals surface area contributed by atoms with Gasteiger partial charge in [0.05, 0.1) is 47.5 Å². The van der Waals surface area contributed by atoms with Crippen LogP contribution in [0.1, 0.15) is 60.8 Å². The molecule has 10 nitrogen and oxygen atoms in total. The van der Waals surface area contributed by atoms with Crippen molar-refractivity contribution in [2.45, 2.75) is 69.9 Å². The summed E-state index contributed by atoms with van der Waals surface area (Å²) in [5, 5.41) is 13.2. The maximum atomic E-state index is 17.4. The van der Waals surface area contributed by atoms with Crippen molar-refractivity contribution < 1.29 is 41.0 Å². The van der Waals surface area contributed by atoms with E-state index in [9.17, 15) is 14.4 Å². The van der Waals surface area contributed by atoms with Crippen molar-refractivity contribution in [3.8, 4) is 29.0 Å². The summed E-state index contributed by atoms with van der Waals surface area (Å²) in [6.45, 7) is 3.07. The summed E-state index contributed by atoms with van der Waals surface area (Å²) in [6.07, 6.45) is -2.77. The van der Waals surface area contributed by atoms with E-state index < -0.39 is 51.0 Å². The maximum absolute atomic E-state index is 17.4. The third-order valence-electron chi connectivity index (χ3n) is 11.4. The molecule has 1 N–H and O–H groups in total. The highest BCUT2D eigenvalue weighted by molar-refractivity contribution is 6.34. The number of benzene rings is 3. The van der Waals surface area contributed by atoms with Gasteiger partial charge < -0.3 is 24.4 Å². The van der Waals surface area contributed by atoms with Crippen molar-refractivity contribution in [2.75, 3.05) is 57.2 Å². The first kappa shape index (κ1) is 40.3. The van der Waals surface area contributed by atoms with Gasteiger partial charge in [-0.15, -0.1) is 0 Å². The number of esters is 1. The van der Waals surface area contributed by atoms with E-state index in [0.717, 1.165) is 12.0 Å². The van der Waals surface area contributed by atoms with E-state index in [1.165, 1.54) is 33.3 Å². The highest BCUT2D eigenvalue weighted by Gasteiger charge is 2.49. The second-order valence-electron chi connectivity index (χ2n) is 15.0. The summed E-state index contributed by atoms with van der Waals surface area (Å²) >= 11 is 6.83. The van der Waals surface area contributed by atoms with Gasteiger partial charge in [0.15, 0.2) is 5.82 Å². The molecule has 3 saturated heterocycles. The Kier molecular flexibility index (Phi) is 11.4. The Morgan fingerprint density at radius 2 is 1.86 bits per heavy atom. The molecule has 4 heterocycles. The normalized spacial score (nSPS) is 21.2. The average molecular weight is 813 g/mol. The Balaban J connectivity index is 1.37. The molecule has 57 heavy (non-hydrogen) atoms. The van der Waals surface area contributed by atoms with Crippen LogP contribution in [0.15, 0.2) is 36.4 Å². The lowest BCUT2D eigenvalue weighted by Crippen LogP contribution is -2.43. The number of nitriles is 1. The van der Waals surface area contributed by atoms with Gasteiger partial charge >= 0.3 is 18.2 Å². The molecule has 3 aliphatic heterocycles. The Hall–Kier alpha value is -4.94. The average Bonchev–Trinajstić information content (AvgIpc) is 3.59. The van der Waals surface area contributed by atoms with Crippen molar-refractivity contribution in [1.82, 2.24) is 14.9 Å². The number of carbonyl (C=O) groups is 1. The van der Waals surface area contributed by atoms with Crippen molar-refractivity contribution >= 4 is 40.0 Å². The van der Waals surface area contributed by atoms with Crippen LogP contribution >= 0.6 is 11.6 Å². The lowest BCUT2D eigenvalue weighted by Gasteiger charge is -2.31. The molecule has 302 valence electrons. The number of nitrogens with zero attached hydrogens (tertiary/aromatic N) is 5. The number of hydrogen-bond donors (Lipinski definition) is 1. The van der Waals surface area contributed by atoms with Gasteiger partial charge in [0.1, 0.15) is 35.9 Å². The fraction of sp³-hybridized carbons (Fsp3) is 0.463. The zero-order valence-corrected chi connectivity index (χ0v) is 32.5. The van der Waals surface area contributed by atoms with E-state index in [2.05, 4.69) is 10.3 Å². The lowest BCUT2D eigenvalue weighted by molar-refractivity contribution is -0.145. The van der Waals surface area contributed by atoms with Gasteiger partial charge in [0.25, 0.3) is 0 Å². The summed E-state index contributed by atoms with van der Waals surface area (Å²) in [5.41, 5.74) is -3.50. The van der Waals surface area contributed by atoms with Crippen LogP contribution in [0.25, 0.3) is 22.0 Å². The Morgan fingerprint density at radius 1 is 1.09 bits per heavy atom. The minimum atomic E-state index is -5.01. The van der Waals surface area contributed by atoms with E-state index in [-0.39, 0.29) is 72.0 Å². The summed E-state index contributed by atoms with van der Waals surface area (Å²) < 4.78 is 93.5. The molecule has 3 atom stereocenters. The number of alkyl halides is 4. The summed E-state index contributed by atoms with van der Waals surface area (Å²) in [4.78, 5) is 25.5. The number of hydrogen-bond acceptors (Lipinski definition) is 10. The van der Waals surface area contributed by atoms with Gasteiger partial charge in [-0.2, -0.15) is 28.4 Å². The second kappa shape index (κ2) is 16.1. The smallest absolute Gasteiger partial charge is 0.417 e. The topological polar surface area (TPSA) is 113 Å². The number of fused-ring (bicyclic) bond motifs is 2. The molecule has 7 rings (SSSR count). The first-order valence-electron chi connectivity index (χ1n) is 18.8. The number of halogens is 6. The lowest BCUT2D eigenvalue weighted by atomic mass is 9.88. The van der Waals surface area contributed by atoms with E-state index in [0.29, 0.717) is 51.1 Å². The predicted octanol–water partition coefficient (Wildman–Crippen LogP) is 8.64. The quantitative estimate of drug-likeness (QED) is 0.123. The number of anilines is 2. The molecular formula is C41H42ClF5N6O4. The van der Waals surface area contributed by atoms with Crippen LogP contribution in [-0.4, -0.2) is 79.6 Å². The minimum absolute atomic E-state index is 0.0166. The van der Waals surface area contributed by atoms with Crippen molar-refractivity contribution in [1.29, 1.82) is 5.26 Å². The van der Waals surface area contributed by atoms with E-state index in [1.54, 1.807) is 24.3 Å². The SMILES string of the molecule is COC(=O)C1CCCN(c2nc(OC[C@@]34CCCN3C[C@H](F)C4)nc3c(F)c(-c4c(C#N)c(NCc5ccc(OC)cc5)cc(C)c4C(F)(F)F)c(Cl)cc23)CC1. The molecule has 3 aliphatic rings. The van der Waals surface area contributed by atoms with Crippen LogP contribution in [-0.2, 0) is 22.3 Å². The molecule has 3 fully saturated rings. The van der Waals surface area contributed by atoms with Crippen LogP contribution in [0.3, 0.4) is 0 Å². The zero-order chi connectivity index (χ0) is 40.6. The number of rotatable bonds is 10. The van der Waals surface area contributed by atoms with Crippen molar-refractivity contribution in [3.63, 3.8) is 0 Å². The fourth-order valence-electron chi connectivity index (χ4n) is 8.68. The van der Waals surface area contributed by atoms with Gasteiger partial charge in [0.2, 0.25) is 0 Å². The number of aryl methyl sites for hydroxylation is 1. The van der Waals surface area contributed by atoms with Crippen molar-refractivity contribution in [2.24, 2.45) is 5.92 Å². The Labute approximate surface area is 331 Å². The molecule has 0 aliphatic carbocycles. The molecule has 3 aromatic carbocycles. The highest BCUT2D eigenvalue weighted by Crippen LogP contribution is 2.49. The first-order valence-corrected chi connectivity index (χ1v) is 19.2. The monoisotopic (exact) mass is 812 g/mol. The molecule has 4 aromatic rings. The molecule has 16 heteroatoms. The van der Waals surface area contributed by atoms with Crippen molar-refractivity contribution in [3.05, 3.63) is 69.5 Å². The van der Waals surface area contributed by atoms with Gasteiger partial charge in [-0.1, -0.05) is 23.7 Å². The minimum Gasteiger partial charge on any atom is -0.497 e. The van der Waals surface area contributed by atoms with Crippen LogP contribution < -0.4 is 19.7 Å². The van der Waals surface area contributed by atoms with Gasteiger partial charge in [0, 0.05) is 49.1 Å². The number of aromatic nitrogens is 2. The van der Waals surface area contributed by atoms with Gasteiger partial charge in [-0.3, -0.25) is 9.69 Å². The van der Waals surface area contributed by atoms with E-state index >= 15 is 17.6 Å². The summed E-state index contributed by atoms with van der Waals surface area (Å²) in [6, 6.07) is 11.1. The maximum Gasteiger partial charge on any atom is 0.417 e. The number of carbonyl (C=O) groups excluding carboxylic acids is 1. The van der Waals surface area contributed by atoms with E-state index in [1.807, 2.05) is 15.9 Å². The highest BCUT2D eigenvalue weighted by atomic mass is 35.5. The summed E-state index contributed by atoms with van der Waals surface area (Å²) in [5.74, 6) is -1.10. The molecule has 1 unspecified atom stereocenters. The largest absolute Gasteiger partial charge is 0.497 e. The molecule has 0 bridgehead atoms. The third kappa shape index (κ3) is 7.86. The first-order chi connectivity index (χ1) is 27.3. The summed E-state index contributed by atoms with van der Waals surface area (Å²) in [7, 11) is 2.85. The van der Waals surface area contributed by atoms with Gasteiger partial charge in [-0.05, 0) is 81.0 Å². The molecular weight excluding hydrogens is 771 g/mol. The number of nitrogens with one attached hydrogen (secondary N) is 1. The molecule has 0 amide bonds. The van der Waals surface area contributed by atoms with Crippen LogP contribution in [0, 0.1) is 30.0 Å². The van der Waals surface area contributed by atoms with Gasteiger partial charge in [-0.25, -0.2) is 8.78 Å². The van der Waals surface area contributed by atoms with Crippen LogP contribution in [0.2, 0.25) is 5.02 Å².